The number of carbonyl (C=O) groups is 1. The lowest BCUT2D eigenvalue weighted by Gasteiger charge is -2.32. The maximum absolute atomic E-state index is 13.6. The number of aryl methyl sites for hydroxylation is 1. The molecule has 5 nitrogen and oxygen atoms in total. The normalized spacial score (nSPS) is 16.3. The molecule has 6 rings (SSSR count). The molecule has 1 saturated heterocycles. The molecule has 0 spiro atoms. The predicted molar refractivity (Wildman–Crippen MR) is 144 cm³/mol. The second-order valence-corrected chi connectivity index (χ2v) is 10.5. The van der Waals surface area contributed by atoms with Gasteiger partial charge < -0.3 is 9.47 Å². The molecule has 2 heterocycles. The van der Waals surface area contributed by atoms with Gasteiger partial charge in [0.2, 0.25) is 0 Å². The molecule has 1 amide bonds. The van der Waals surface area contributed by atoms with Gasteiger partial charge in [0.15, 0.2) is 0 Å². The minimum atomic E-state index is -0.363. The average Bonchev–Trinajstić information content (AvgIpc) is 3.67. The van der Waals surface area contributed by atoms with Gasteiger partial charge >= 0.3 is 0 Å². The molecule has 1 N–H and O–H groups in total. The van der Waals surface area contributed by atoms with Crippen LogP contribution < -0.4 is 0 Å². The number of hydrogen-bond acceptors (Lipinski definition) is 3. The summed E-state index contributed by atoms with van der Waals surface area (Å²) in [5, 5.41) is 8.52. The van der Waals surface area contributed by atoms with E-state index in [4.69, 9.17) is 10.4 Å². The molecule has 0 bridgehead atoms. The number of piperidine rings is 1. The third-order valence-corrected chi connectivity index (χ3v) is 7.83. The molecule has 6 heteroatoms. The second-order valence-electron chi connectivity index (χ2n) is 10.5. The Morgan fingerprint density at radius 3 is 2.49 bits per heavy atom. The zero-order valence-corrected chi connectivity index (χ0v) is 21.1. The van der Waals surface area contributed by atoms with E-state index in [-0.39, 0.29) is 17.4 Å². The summed E-state index contributed by atoms with van der Waals surface area (Å²) >= 11 is 0. The van der Waals surface area contributed by atoms with Crippen molar-refractivity contribution in [1.29, 1.82) is 5.41 Å². The van der Waals surface area contributed by atoms with Crippen LogP contribution in [0.15, 0.2) is 66.7 Å². The van der Waals surface area contributed by atoms with Gasteiger partial charge in [0.05, 0.1) is 16.7 Å². The third-order valence-electron chi connectivity index (χ3n) is 7.83. The number of benzene rings is 3. The van der Waals surface area contributed by atoms with E-state index in [1.165, 1.54) is 36.3 Å². The van der Waals surface area contributed by atoms with Gasteiger partial charge in [-0.2, -0.15) is 0 Å². The molecule has 188 valence electrons. The number of likely N-dealkylation sites (tertiary alicyclic amines) is 1. The Morgan fingerprint density at radius 1 is 0.973 bits per heavy atom. The number of carbonyl (C=O) groups excluding carboxylic acids is 1. The molecular weight excluding hydrogens is 463 g/mol. The van der Waals surface area contributed by atoms with Gasteiger partial charge in [-0.25, -0.2) is 9.37 Å². The number of hydrogen-bond donors (Lipinski definition) is 1. The van der Waals surface area contributed by atoms with Crippen LogP contribution in [0.2, 0.25) is 0 Å². The molecule has 1 aliphatic carbocycles. The summed E-state index contributed by atoms with van der Waals surface area (Å²) in [7, 11) is 0. The van der Waals surface area contributed by atoms with E-state index in [0.29, 0.717) is 35.7 Å². The summed E-state index contributed by atoms with van der Waals surface area (Å²) < 4.78 is 16.1. The Kier molecular flexibility index (Phi) is 6.11. The van der Waals surface area contributed by atoms with E-state index < -0.39 is 0 Å². The molecule has 4 aromatic rings. The van der Waals surface area contributed by atoms with Gasteiger partial charge in [-0.15, -0.1) is 0 Å². The number of imidazole rings is 1. The summed E-state index contributed by atoms with van der Waals surface area (Å²) in [6.07, 6.45) is 4.42. The summed E-state index contributed by atoms with van der Waals surface area (Å²) in [6, 6.07) is 19.9. The highest BCUT2D eigenvalue weighted by Crippen LogP contribution is 2.36. The number of nitrogens with one attached hydrogen (secondary N) is 1. The Morgan fingerprint density at radius 2 is 1.76 bits per heavy atom. The van der Waals surface area contributed by atoms with Crippen LogP contribution in [-0.4, -0.2) is 39.2 Å². The maximum Gasteiger partial charge on any atom is 0.253 e. The van der Waals surface area contributed by atoms with Crippen LogP contribution in [0.25, 0.3) is 11.0 Å². The molecule has 2 aliphatic rings. The Balaban J connectivity index is 1.16. The third kappa shape index (κ3) is 4.68. The average molecular weight is 495 g/mol. The molecular formula is C31H31FN4O. The number of amides is 1. The van der Waals surface area contributed by atoms with Crippen molar-refractivity contribution in [1.82, 2.24) is 14.5 Å². The van der Waals surface area contributed by atoms with Crippen LogP contribution >= 0.6 is 0 Å². The minimum Gasteiger partial charge on any atom is -0.339 e. The first-order valence-corrected chi connectivity index (χ1v) is 13.2. The highest BCUT2D eigenvalue weighted by Gasteiger charge is 2.30. The highest BCUT2D eigenvalue weighted by molar-refractivity contribution is 6.12. The highest BCUT2D eigenvalue weighted by atomic mass is 19.1. The van der Waals surface area contributed by atoms with Crippen molar-refractivity contribution < 1.29 is 9.18 Å². The summed E-state index contributed by atoms with van der Waals surface area (Å²) in [4.78, 5) is 20.3. The monoisotopic (exact) mass is 494 g/mol. The first-order valence-electron chi connectivity index (χ1n) is 13.2. The quantitative estimate of drug-likeness (QED) is 0.318. The van der Waals surface area contributed by atoms with Gasteiger partial charge in [-0.1, -0.05) is 30.3 Å². The van der Waals surface area contributed by atoms with E-state index in [0.717, 1.165) is 36.4 Å². The topological polar surface area (TPSA) is 62.0 Å². The van der Waals surface area contributed by atoms with Crippen LogP contribution in [0.4, 0.5) is 4.39 Å². The zero-order valence-electron chi connectivity index (χ0n) is 21.1. The van der Waals surface area contributed by atoms with Crippen LogP contribution in [0, 0.1) is 24.1 Å². The largest absolute Gasteiger partial charge is 0.339 e. The maximum atomic E-state index is 13.6. The molecule has 0 unspecified atom stereocenters. The molecule has 1 saturated carbocycles. The number of nitrogens with zero attached hydrogens (tertiary/aromatic N) is 3. The van der Waals surface area contributed by atoms with Crippen molar-refractivity contribution in [2.75, 3.05) is 13.1 Å². The number of para-hydroxylation sites is 2. The molecule has 37 heavy (non-hydrogen) atoms. The fraction of sp³-hybridized carbons (Fsp3) is 0.323. The van der Waals surface area contributed by atoms with Crippen molar-refractivity contribution in [2.45, 2.75) is 45.1 Å². The Bertz CT molecular complexity index is 1490. The van der Waals surface area contributed by atoms with Crippen LogP contribution in [0.3, 0.4) is 0 Å². The van der Waals surface area contributed by atoms with E-state index in [2.05, 4.69) is 28.8 Å². The molecule has 1 aliphatic heterocycles. The fourth-order valence-electron chi connectivity index (χ4n) is 5.56. The van der Waals surface area contributed by atoms with Crippen molar-refractivity contribution in [3.63, 3.8) is 0 Å². The van der Waals surface area contributed by atoms with E-state index in [1.807, 2.05) is 24.0 Å². The molecule has 3 aromatic carbocycles. The first-order chi connectivity index (χ1) is 18.0. The molecule has 1 aromatic heterocycles. The van der Waals surface area contributed by atoms with Gasteiger partial charge in [-0.3, -0.25) is 10.2 Å². The summed E-state index contributed by atoms with van der Waals surface area (Å²) in [5.74, 6) is 1.96. The molecule has 2 fully saturated rings. The standard InChI is InChI=1S/C31H31FN4O/c1-20-17-24(11-12-26(20)29(33)23-5-4-6-25(32)18-23)31(37)35-15-13-22(14-16-35)30-34-27-7-2-3-8-28(27)36(30)19-21-9-10-21/h2-8,11-12,17-18,21-22,33H,9-10,13-16,19H2,1H3. The SMILES string of the molecule is Cc1cc(C(=O)N2CCC(c3nc4ccccc4n3CC3CC3)CC2)ccc1C(=N)c1cccc(F)c1. The van der Waals surface area contributed by atoms with E-state index in [1.54, 1.807) is 18.2 Å². The molecule has 0 atom stereocenters. The predicted octanol–water partition coefficient (Wildman–Crippen LogP) is 6.33. The van der Waals surface area contributed by atoms with Gasteiger partial charge in [0.1, 0.15) is 11.6 Å². The van der Waals surface area contributed by atoms with Crippen LogP contribution in [0.1, 0.15) is 64.5 Å². The Hall–Kier alpha value is -3.80. The van der Waals surface area contributed by atoms with Crippen LogP contribution in [0.5, 0.6) is 0 Å². The number of halogens is 1. The van der Waals surface area contributed by atoms with Gasteiger partial charge in [-0.05, 0) is 80.5 Å². The van der Waals surface area contributed by atoms with Crippen LogP contribution in [-0.2, 0) is 6.54 Å². The zero-order chi connectivity index (χ0) is 25.5. The summed E-state index contributed by atoms with van der Waals surface area (Å²) in [5.41, 5.74) is 5.24. The van der Waals surface area contributed by atoms with E-state index in [9.17, 15) is 9.18 Å². The van der Waals surface area contributed by atoms with Crippen molar-refractivity contribution in [3.05, 3.63) is 101 Å². The van der Waals surface area contributed by atoms with Gasteiger partial charge in [0, 0.05) is 42.2 Å². The second kappa shape index (κ2) is 9.58. The first kappa shape index (κ1) is 23.6. The van der Waals surface area contributed by atoms with Crippen molar-refractivity contribution >= 4 is 22.7 Å². The lowest BCUT2D eigenvalue weighted by Crippen LogP contribution is -2.38. The smallest absolute Gasteiger partial charge is 0.253 e. The van der Waals surface area contributed by atoms with Crippen molar-refractivity contribution in [2.24, 2.45) is 5.92 Å². The van der Waals surface area contributed by atoms with Gasteiger partial charge in [0.25, 0.3) is 5.91 Å². The summed E-state index contributed by atoms with van der Waals surface area (Å²) in [6.45, 7) is 4.36. The fourth-order valence-corrected chi connectivity index (χ4v) is 5.56. The van der Waals surface area contributed by atoms with Crippen molar-refractivity contribution in [3.8, 4) is 0 Å². The minimum absolute atomic E-state index is 0.0249. The number of aromatic nitrogens is 2. The molecule has 0 radical (unpaired) electrons. The van der Waals surface area contributed by atoms with E-state index >= 15 is 0 Å². The number of fused-ring (bicyclic) bond motifs is 1. The lowest BCUT2D eigenvalue weighted by molar-refractivity contribution is 0.0710. The number of rotatable bonds is 6. The lowest BCUT2D eigenvalue weighted by atomic mass is 9.94. The Labute approximate surface area is 216 Å².